The summed E-state index contributed by atoms with van der Waals surface area (Å²) in [6, 6.07) is 9.22. The number of thiocarbonyl (C=S) groups is 1. The first kappa shape index (κ1) is 21.4. The van der Waals surface area contributed by atoms with Crippen LogP contribution in [0.2, 0.25) is 0 Å². The molecule has 2 amide bonds. The second-order valence-electron chi connectivity index (χ2n) is 6.11. The number of amides is 2. The van der Waals surface area contributed by atoms with Gasteiger partial charge in [-0.15, -0.1) is 0 Å². The van der Waals surface area contributed by atoms with Gasteiger partial charge in [0, 0.05) is 30.7 Å². The van der Waals surface area contributed by atoms with Crippen LogP contribution in [0.25, 0.3) is 6.08 Å². The van der Waals surface area contributed by atoms with E-state index in [2.05, 4.69) is 5.32 Å². The summed E-state index contributed by atoms with van der Waals surface area (Å²) in [5.41, 5.74) is -0.158. The summed E-state index contributed by atoms with van der Waals surface area (Å²) in [4.78, 5) is 36.4. The molecule has 1 heterocycles. The molecule has 30 heavy (non-hydrogen) atoms. The van der Waals surface area contributed by atoms with Crippen molar-refractivity contribution in [3.05, 3.63) is 68.9 Å². The summed E-state index contributed by atoms with van der Waals surface area (Å²) >= 11 is 6.18. The van der Waals surface area contributed by atoms with Gasteiger partial charge >= 0.3 is 0 Å². The fraction of sp³-hybridized carbons (Fsp3) is 0.105. The Labute approximate surface area is 179 Å². The van der Waals surface area contributed by atoms with E-state index >= 15 is 0 Å². The fourth-order valence-corrected chi connectivity index (χ4v) is 3.89. The molecule has 1 aliphatic rings. The van der Waals surface area contributed by atoms with Crippen molar-refractivity contribution in [3.63, 3.8) is 0 Å². The van der Waals surface area contributed by atoms with Crippen molar-refractivity contribution in [2.75, 3.05) is 11.9 Å². The molecule has 0 bridgehead atoms. The molecule has 11 heteroatoms. The maximum absolute atomic E-state index is 13.8. The van der Waals surface area contributed by atoms with E-state index in [4.69, 9.17) is 12.2 Å². The van der Waals surface area contributed by atoms with Gasteiger partial charge in [-0.3, -0.25) is 24.6 Å². The van der Waals surface area contributed by atoms with Gasteiger partial charge in [0.1, 0.15) is 15.9 Å². The maximum atomic E-state index is 13.8. The number of anilines is 1. The predicted octanol–water partition coefficient (Wildman–Crippen LogP) is 3.67. The van der Waals surface area contributed by atoms with Crippen LogP contribution in [0.3, 0.4) is 0 Å². The van der Waals surface area contributed by atoms with Crippen LogP contribution in [0.5, 0.6) is 5.75 Å². The van der Waals surface area contributed by atoms with Crippen molar-refractivity contribution < 1.29 is 24.0 Å². The number of hydrogen-bond acceptors (Lipinski definition) is 7. The van der Waals surface area contributed by atoms with Gasteiger partial charge in [0.15, 0.2) is 0 Å². The minimum absolute atomic E-state index is 0.0409. The Hall–Kier alpha value is -3.31. The molecule has 0 radical (unpaired) electrons. The molecule has 0 aliphatic carbocycles. The molecule has 1 aliphatic heterocycles. The number of nitro benzene ring substituents is 1. The molecule has 0 spiro atoms. The average molecular weight is 447 g/mol. The van der Waals surface area contributed by atoms with Gasteiger partial charge in [-0.25, -0.2) is 4.39 Å². The molecule has 154 valence electrons. The van der Waals surface area contributed by atoms with Crippen LogP contribution in [0.15, 0.2) is 47.4 Å². The van der Waals surface area contributed by atoms with E-state index in [0.29, 0.717) is 0 Å². The minimum atomic E-state index is -0.656. The number of rotatable bonds is 6. The number of benzene rings is 2. The molecule has 2 N–H and O–H groups in total. The zero-order chi connectivity index (χ0) is 21.8. The molecule has 8 nitrogen and oxygen atoms in total. The topological polar surface area (TPSA) is 113 Å². The van der Waals surface area contributed by atoms with Crippen molar-refractivity contribution in [3.8, 4) is 5.75 Å². The number of halogens is 1. The van der Waals surface area contributed by atoms with Gasteiger partial charge < -0.3 is 10.4 Å². The molecule has 0 atom stereocenters. The lowest BCUT2D eigenvalue weighted by molar-refractivity contribution is -0.384. The molecule has 0 aromatic heterocycles. The van der Waals surface area contributed by atoms with Crippen LogP contribution < -0.4 is 5.32 Å². The second-order valence-corrected chi connectivity index (χ2v) is 7.79. The lowest BCUT2D eigenvalue weighted by Gasteiger charge is -2.14. The highest BCUT2D eigenvalue weighted by Gasteiger charge is 2.32. The third-order valence-corrected chi connectivity index (χ3v) is 5.47. The predicted molar refractivity (Wildman–Crippen MR) is 114 cm³/mol. The highest BCUT2D eigenvalue weighted by molar-refractivity contribution is 8.26. The summed E-state index contributed by atoms with van der Waals surface area (Å²) in [6.07, 6.45) is 1.23. The summed E-state index contributed by atoms with van der Waals surface area (Å²) in [5, 5.41) is 23.0. The smallest absolute Gasteiger partial charge is 0.271 e. The van der Waals surface area contributed by atoms with Gasteiger partial charge in [0.25, 0.3) is 11.6 Å². The average Bonchev–Trinajstić information content (AvgIpc) is 2.96. The summed E-state index contributed by atoms with van der Waals surface area (Å²) in [7, 11) is 0. The maximum Gasteiger partial charge on any atom is 0.271 e. The summed E-state index contributed by atoms with van der Waals surface area (Å²) in [6.45, 7) is -0.0409. The Balaban J connectivity index is 1.65. The fourth-order valence-electron chi connectivity index (χ4n) is 2.59. The van der Waals surface area contributed by atoms with Crippen LogP contribution >= 0.6 is 24.0 Å². The zero-order valence-electron chi connectivity index (χ0n) is 15.2. The lowest BCUT2D eigenvalue weighted by atomic mass is 10.2. The first-order chi connectivity index (χ1) is 14.3. The van der Waals surface area contributed by atoms with Crippen LogP contribution in [-0.4, -0.2) is 37.6 Å². The van der Waals surface area contributed by atoms with Gasteiger partial charge in [0.2, 0.25) is 5.91 Å². The van der Waals surface area contributed by atoms with Crippen molar-refractivity contribution in [1.82, 2.24) is 4.90 Å². The highest BCUT2D eigenvalue weighted by atomic mass is 32.2. The lowest BCUT2D eigenvalue weighted by Crippen LogP contribution is -2.31. The number of phenolic OH excluding ortho intramolecular Hbond substituents is 1. The Morgan fingerprint density at radius 2 is 2.07 bits per heavy atom. The SMILES string of the molecule is O=C(CCN1C(=O)/C(=C\c2ccccc2F)SC1=S)Nc1cc([N+](=O)[O-])ccc1O. The van der Waals surface area contributed by atoms with E-state index in [-0.39, 0.29) is 44.9 Å². The Bertz CT molecular complexity index is 1090. The number of nitrogens with one attached hydrogen (secondary N) is 1. The third kappa shape index (κ3) is 4.81. The molecule has 0 unspecified atom stereocenters. The number of carbonyl (C=O) groups is 2. The monoisotopic (exact) mass is 447 g/mol. The molecule has 0 saturated carbocycles. The van der Waals surface area contributed by atoms with Gasteiger partial charge in [0.05, 0.1) is 15.5 Å². The number of hydrogen-bond donors (Lipinski definition) is 2. The van der Waals surface area contributed by atoms with E-state index in [0.717, 1.165) is 30.0 Å². The highest BCUT2D eigenvalue weighted by Crippen LogP contribution is 2.33. The Kier molecular flexibility index (Phi) is 6.43. The Morgan fingerprint density at radius 3 is 2.77 bits per heavy atom. The molecule has 2 aromatic rings. The molecule has 1 saturated heterocycles. The van der Waals surface area contributed by atoms with Crippen LogP contribution in [0.1, 0.15) is 12.0 Å². The summed E-state index contributed by atoms with van der Waals surface area (Å²) < 4.78 is 14.0. The number of phenols is 1. The number of carbonyl (C=O) groups excluding carboxylic acids is 2. The standard InChI is InChI=1S/C19H14FN3O5S2/c20-13-4-2-1-3-11(13)9-16-18(26)22(19(29)30-16)8-7-17(25)21-14-10-12(23(27)28)5-6-15(14)24/h1-6,9-10,24H,7-8H2,(H,21,25)/b16-9+. The number of nitrogens with zero attached hydrogens (tertiary/aromatic N) is 2. The van der Waals surface area contributed by atoms with Gasteiger partial charge in [-0.2, -0.15) is 0 Å². The molecular formula is C19H14FN3O5S2. The molecular weight excluding hydrogens is 433 g/mol. The number of aromatic hydroxyl groups is 1. The van der Waals surface area contributed by atoms with Crippen molar-refractivity contribution in [2.24, 2.45) is 0 Å². The van der Waals surface area contributed by atoms with Gasteiger partial charge in [-0.05, 0) is 18.2 Å². The van der Waals surface area contributed by atoms with E-state index in [9.17, 15) is 29.2 Å². The summed E-state index contributed by atoms with van der Waals surface area (Å²) in [5.74, 6) is -1.82. The quantitative estimate of drug-likeness (QED) is 0.228. The Morgan fingerprint density at radius 1 is 1.33 bits per heavy atom. The number of thioether (sulfide) groups is 1. The van der Waals surface area contributed by atoms with Crippen molar-refractivity contribution in [1.29, 1.82) is 0 Å². The third-order valence-electron chi connectivity index (χ3n) is 4.09. The van der Waals surface area contributed by atoms with Crippen LogP contribution in [0, 0.1) is 15.9 Å². The largest absolute Gasteiger partial charge is 0.506 e. The number of non-ortho nitro benzene ring substituents is 1. The second kappa shape index (κ2) is 9.01. The van der Waals surface area contributed by atoms with Crippen molar-refractivity contribution >= 4 is 57.6 Å². The zero-order valence-corrected chi connectivity index (χ0v) is 16.8. The van der Waals surface area contributed by atoms with Gasteiger partial charge in [-0.1, -0.05) is 42.2 Å². The van der Waals surface area contributed by atoms with E-state index < -0.39 is 22.6 Å². The van der Waals surface area contributed by atoms with E-state index in [1.807, 2.05) is 0 Å². The first-order valence-corrected chi connectivity index (χ1v) is 9.76. The number of nitro groups is 1. The first-order valence-electron chi connectivity index (χ1n) is 8.53. The molecule has 2 aromatic carbocycles. The van der Waals surface area contributed by atoms with Crippen molar-refractivity contribution in [2.45, 2.75) is 6.42 Å². The van der Waals surface area contributed by atoms with Crippen LogP contribution in [-0.2, 0) is 9.59 Å². The molecule has 3 rings (SSSR count). The van der Waals surface area contributed by atoms with E-state index in [1.54, 1.807) is 6.07 Å². The normalized spacial score (nSPS) is 15.0. The van der Waals surface area contributed by atoms with E-state index in [1.165, 1.54) is 29.2 Å². The minimum Gasteiger partial charge on any atom is -0.506 e. The molecule has 1 fully saturated rings. The van der Waals surface area contributed by atoms with Crippen LogP contribution in [0.4, 0.5) is 15.8 Å².